The average molecular weight is 169 g/mol. The van der Waals surface area contributed by atoms with Gasteiger partial charge in [-0.05, 0) is 43.4 Å². The van der Waals surface area contributed by atoms with Gasteiger partial charge >= 0.3 is 0 Å². The van der Waals surface area contributed by atoms with Gasteiger partial charge in [-0.15, -0.1) is 5.16 Å². The zero-order valence-corrected chi connectivity index (χ0v) is 8.03. The Balaban J connectivity index is 2.33. The van der Waals surface area contributed by atoms with Crippen LogP contribution in [0.2, 0.25) is 0 Å². The molecule has 0 heterocycles. The smallest absolute Gasteiger partial charge is 0.0438 e. The Morgan fingerprint density at radius 3 is 2.33 bits per heavy atom. The first-order valence-electron chi connectivity index (χ1n) is 4.88. The molecule has 1 rings (SSSR count). The zero-order chi connectivity index (χ0) is 8.97. The van der Waals surface area contributed by atoms with Crippen LogP contribution in [0.15, 0.2) is 5.16 Å². The summed E-state index contributed by atoms with van der Waals surface area (Å²) in [4.78, 5) is 0. The summed E-state index contributed by atoms with van der Waals surface area (Å²) >= 11 is 0. The van der Waals surface area contributed by atoms with Gasteiger partial charge in [-0.3, -0.25) is 0 Å². The Hall–Kier alpha value is -0.530. The molecule has 70 valence electrons. The van der Waals surface area contributed by atoms with E-state index in [-0.39, 0.29) is 0 Å². The van der Waals surface area contributed by atoms with Crippen molar-refractivity contribution in [2.24, 2.45) is 22.9 Å². The second kappa shape index (κ2) is 4.48. The van der Waals surface area contributed by atoms with Gasteiger partial charge in [0.2, 0.25) is 0 Å². The summed E-state index contributed by atoms with van der Waals surface area (Å²) in [5.41, 5.74) is 0. The second-order valence-electron chi connectivity index (χ2n) is 4.32. The minimum Gasteiger partial charge on any atom is -0.411 e. The molecule has 0 aromatic rings. The summed E-state index contributed by atoms with van der Waals surface area (Å²) in [6.45, 7) is 4.64. The molecule has 0 amide bonds. The topological polar surface area (TPSA) is 32.6 Å². The molecule has 0 aromatic heterocycles. The summed E-state index contributed by atoms with van der Waals surface area (Å²) in [5.74, 6) is 2.45. The van der Waals surface area contributed by atoms with Crippen molar-refractivity contribution in [2.75, 3.05) is 0 Å². The van der Waals surface area contributed by atoms with Crippen molar-refractivity contribution in [3.63, 3.8) is 0 Å². The van der Waals surface area contributed by atoms with E-state index in [9.17, 15) is 0 Å². The summed E-state index contributed by atoms with van der Waals surface area (Å²) in [6.07, 6.45) is 6.56. The molecular weight excluding hydrogens is 150 g/mol. The first-order valence-corrected chi connectivity index (χ1v) is 4.88. The van der Waals surface area contributed by atoms with Gasteiger partial charge in [0, 0.05) is 6.21 Å². The van der Waals surface area contributed by atoms with Crippen molar-refractivity contribution in [1.29, 1.82) is 0 Å². The first-order chi connectivity index (χ1) is 5.72. The number of hydrogen-bond acceptors (Lipinski definition) is 2. The Kier molecular flexibility index (Phi) is 3.57. The van der Waals surface area contributed by atoms with E-state index in [1.165, 1.54) is 19.3 Å². The van der Waals surface area contributed by atoms with Crippen LogP contribution in [0, 0.1) is 17.8 Å². The van der Waals surface area contributed by atoms with Crippen LogP contribution in [0.5, 0.6) is 0 Å². The second-order valence-corrected chi connectivity index (χ2v) is 4.32. The number of hydrogen-bond donors (Lipinski definition) is 1. The van der Waals surface area contributed by atoms with Crippen molar-refractivity contribution < 1.29 is 5.21 Å². The normalized spacial score (nSPS) is 37.3. The minimum absolute atomic E-state index is 0.750. The van der Waals surface area contributed by atoms with Crippen molar-refractivity contribution in [2.45, 2.75) is 39.5 Å². The lowest BCUT2D eigenvalue weighted by Crippen LogP contribution is -2.19. The highest BCUT2D eigenvalue weighted by Gasteiger charge is 2.22. The summed E-state index contributed by atoms with van der Waals surface area (Å²) < 4.78 is 0. The molecule has 2 heteroatoms. The van der Waals surface area contributed by atoms with Crippen LogP contribution in [0.1, 0.15) is 39.5 Å². The molecule has 12 heavy (non-hydrogen) atoms. The van der Waals surface area contributed by atoms with Gasteiger partial charge in [-0.25, -0.2) is 0 Å². The highest BCUT2D eigenvalue weighted by molar-refractivity contribution is 5.56. The molecule has 1 N–H and O–H groups in total. The Labute approximate surface area is 74.7 Å². The lowest BCUT2D eigenvalue weighted by Gasteiger charge is -2.30. The van der Waals surface area contributed by atoms with Gasteiger partial charge in [-0.2, -0.15) is 0 Å². The molecule has 1 fully saturated rings. The van der Waals surface area contributed by atoms with E-state index in [0.29, 0.717) is 0 Å². The molecule has 0 radical (unpaired) electrons. The van der Waals surface area contributed by atoms with E-state index in [2.05, 4.69) is 19.0 Å². The number of oxime groups is 1. The predicted molar refractivity (Wildman–Crippen MR) is 50.6 cm³/mol. The van der Waals surface area contributed by atoms with Gasteiger partial charge in [0.25, 0.3) is 0 Å². The highest BCUT2D eigenvalue weighted by Crippen LogP contribution is 2.33. The van der Waals surface area contributed by atoms with Crippen LogP contribution < -0.4 is 0 Å². The van der Waals surface area contributed by atoms with Crippen molar-refractivity contribution >= 4 is 6.21 Å². The van der Waals surface area contributed by atoms with E-state index >= 15 is 0 Å². The highest BCUT2D eigenvalue weighted by atomic mass is 16.4. The van der Waals surface area contributed by atoms with E-state index in [0.717, 1.165) is 24.2 Å². The fourth-order valence-electron chi connectivity index (χ4n) is 2.50. The third-order valence-corrected chi connectivity index (χ3v) is 2.80. The van der Waals surface area contributed by atoms with Crippen LogP contribution in [-0.2, 0) is 0 Å². The maximum Gasteiger partial charge on any atom is 0.0438 e. The summed E-state index contributed by atoms with van der Waals surface area (Å²) in [5, 5.41) is 11.4. The van der Waals surface area contributed by atoms with E-state index in [4.69, 9.17) is 5.21 Å². The molecule has 2 atom stereocenters. The lowest BCUT2D eigenvalue weighted by molar-refractivity contribution is 0.223. The zero-order valence-electron chi connectivity index (χ0n) is 8.03. The third-order valence-electron chi connectivity index (χ3n) is 2.80. The molecule has 0 bridgehead atoms. The van der Waals surface area contributed by atoms with E-state index in [1.54, 1.807) is 6.21 Å². The molecule has 0 saturated heterocycles. The van der Waals surface area contributed by atoms with Crippen LogP contribution in [0.25, 0.3) is 0 Å². The van der Waals surface area contributed by atoms with Crippen LogP contribution in [0.3, 0.4) is 0 Å². The van der Waals surface area contributed by atoms with Crippen LogP contribution in [0.4, 0.5) is 0 Å². The lowest BCUT2D eigenvalue weighted by atomic mass is 9.76. The van der Waals surface area contributed by atoms with Gasteiger partial charge in [0.15, 0.2) is 0 Å². The third kappa shape index (κ3) is 2.84. The molecule has 0 spiro atoms. The maximum atomic E-state index is 8.30. The molecular formula is C10H19NO. The maximum absolute atomic E-state index is 8.30. The average Bonchev–Trinajstić information content (AvgIpc) is 1.99. The molecule has 2 nitrogen and oxygen atoms in total. The van der Waals surface area contributed by atoms with Crippen molar-refractivity contribution in [3.8, 4) is 0 Å². The quantitative estimate of drug-likeness (QED) is 0.385. The SMILES string of the molecule is CC1CC(C)CC(CC=NO)C1. The Morgan fingerprint density at radius 1 is 1.25 bits per heavy atom. The van der Waals surface area contributed by atoms with Crippen LogP contribution in [-0.4, -0.2) is 11.4 Å². The molecule has 1 aliphatic carbocycles. The fraction of sp³-hybridized carbons (Fsp3) is 0.900. The largest absolute Gasteiger partial charge is 0.411 e. The predicted octanol–water partition coefficient (Wildman–Crippen LogP) is 2.91. The van der Waals surface area contributed by atoms with Crippen LogP contribution >= 0.6 is 0 Å². The Morgan fingerprint density at radius 2 is 1.83 bits per heavy atom. The van der Waals surface area contributed by atoms with Crippen molar-refractivity contribution in [3.05, 3.63) is 0 Å². The Bertz CT molecular complexity index is 146. The summed E-state index contributed by atoms with van der Waals surface area (Å²) in [6, 6.07) is 0. The molecule has 0 aromatic carbocycles. The summed E-state index contributed by atoms with van der Waals surface area (Å²) in [7, 11) is 0. The van der Waals surface area contributed by atoms with Gasteiger partial charge < -0.3 is 5.21 Å². The molecule has 1 aliphatic rings. The monoisotopic (exact) mass is 169 g/mol. The molecule has 0 aliphatic heterocycles. The van der Waals surface area contributed by atoms with E-state index < -0.39 is 0 Å². The van der Waals surface area contributed by atoms with E-state index in [1.807, 2.05) is 0 Å². The standard InChI is InChI=1S/C10H19NO/c1-8-5-9(2)7-10(6-8)3-4-11-12/h4,8-10,12H,3,5-7H2,1-2H3. The first kappa shape index (κ1) is 9.56. The number of nitrogens with zero attached hydrogens (tertiary/aromatic N) is 1. The molecule has 2 unspecified atom stereocenters. The minimum atomic E-state index is 0.750. The van der Waals surface area contributed by atoms with Gasteiger partial charge in [0.05, 0.1) is 0 Å². The van der Waals surface area contributed by atoms with Gasteiger partial charge in [-0.1, -0.05) is 13.8 Å². The number of rotatable bonds is 2. The molecule has 1 saturated carbocycles. The van der Waals surface area contributed by atoms with Crippen molar-refractivity contribution in [1.82, 2.24) is 0 Å². The van der Waals surface area contributed by atoms with Gasteiger partial charge in [0.1, 0.15) is 0 Å². The fourth-order valence-corrected chi connectivity index (χ4v) is 2.50.